The van der Waals surface area contributed by atoms with Gasteiger partial charge in [0.2, 0.25) is 17.7 Å². The summed E-state index contributed by atoms with van der Waals surface area (Å²) in [5.74, 6) is -3.65. The average molecular weight is 364 g/mol. The zero-order valence-corrected chi connectivity index (χ0v) is 14.4. The van der Waals surface area contributed by atoms with Gasteiger partial charge in [0.25, 0.3) is 0 Å². The van der Waals surface area contributed by atoms with Gasteiger partial charge in [0.1, 0.15) is 12.1 Å². The van der Waals surface area contributed by atoms with Crippen LogP contribution < -0.4 is 21.7 Å². The molecule has 0 radical (unpaired) electrons. The molecule has 3 unspecified atom stereocenters. The number of aliphatic carboxylic acids is 1. The minimum absolute atomic E-state index is 0.0553. The number of amides is 3. The molecule has 0 aromatic heterocycles. The van der Waals surface area contributed by atoms with Crippen LogP contribution in [0.2, 0.25) is 0 Å². The molecule has 0 aliphatic rings. The Kier molecular flexibility index (Phi) is 10.0. The van der Waals surface area contributed by atoms with Gasteiger partial charge < -0.3 is 31.9 Å². The van der Waals surface area contributed by atoms with Crippen LogP contribution in [-0.4, -0.2) is 70.9 Å². The highest BCUT2D eigenvalue weighted by Crippen LogP contribution is 2.01. The van der Waals surface area contributed by atoms with Gasteiger partial charge in [-0.05, 0) is 5.92 Å². The lowest BCUT2D eigenvalue weighted by Gasteiger charge is -2.20. The molecule has 0 bridgehead atoms. The number of carboxylic acids is 1. The topological polar surface area (TPSA) is 171 Å². The van der Waals surface area contributed by atoms with E-state index in [-0.39, 0.29) is 11.7 Å². The molecule has 0 heterocycles. The van der Waals surface area contributed by atoms with Crippen LogP contribution in [0.25, 0.3) is 0 Å². The molecule has 7 N–H and O–H groups in total. The van der Waals surface area contributed by atoms with Crippen molar-refractivity contribution >= 4 is 36.3 Å². The maximum absolute atomic E-state index is 11.8. The molecule has 0 rings (SSSR count). The SMILES string of the molecule is CC(C)C(NC(=O)CNC(=O)C(CO)NC(=O)C(N)CS)C(=O)O. The molecule has 0 fully saturated rings. The van der Waals surface area contributed by atoms with Crippen molar-refractivity contribution in [2.75, 3.05) is 18.9 Å². The molecule has 3 amide bonds. The second kappa shape index (κ2) is 10.8. The Morgan fingerprint density at radius 1 is 1.12 bits per heavy atom. The second-order valence-electron chi connectivity index (χ2n) is 5.38. The zero-order valence-electron chi connectivity index (χ0n) is 13.5. The molecule has 0 spiro atoms. The minimum Gasteiger partial charge on any atom is -0.480 e. The molecule has 138 valence electrons. The van der Waals surface area contributed by atoms with Crippen LogP contribution in [0.1, 0.15) is 13.8 Å². The smallest absolute Gasteiger partial charge is 0.326 e. The van der Waals surface area contributed by atoms with Crippen LogP contribution in [0.5, 0.6) is 0 Å². The van der Waals surface area contributed by atoms with E-state index in [2.05, 4.69) is 28.6 Å². The fourth-order valence-electron chi connectivity index (χ4n) is 1.58. The summed E-state index contributed by atoms with van der Waals surface area (Å²) in [6, 6.07) is -3.31. The Labute approximate surface area is 144 Å². The summed E-state index contributed by atoms with van der Waals surface area (Å²) in [5, 5.41) is 24.8. The lowest BCUT2D eigenvalue weighted by atomic mass is 10.1. The number of aliphatic hydroxyl groups is 1. The second-order valence-corrected chi connectivity index (χ2v) is 5.74. The summed E-state index contributed by atoms with van der Waals surface area (Å²) < 4.78 is 0. The number of rotatable bonds is 10. The molecular formula is C13H24N4O6S. The van der Waals surface area contributed by atoms with Gasteiger partial charge in [0.15, 0.2) is 0 Å². The van der Waals surface area contributed by atoms with Gasteiger partial charge in [-0.15, -0.1) is 0 Å². The van der Waals surface area contributed by atoms with E-state index in [1.165, 1.54) is 0 Å². The highest BCUT2D eigenvalue weighted by atomic mass is 32.1. The predicted octanol–water partition coefficient (Wildman–Crippen LogP) is -2.94. The molecule has 0 aliphatic carbocycles. The maximum Gasteiger partial charge on any atom is 0.326 e. The average Bonchev–Trinajstić information content (AvgIpc) is 2.53. The molecule has 0 saturated heterocycles. The number of aliphatic hydroxyl groups excluding tert-OH is 1. The Hall–Kier alpha value is -1.85. The Bertz CT molecular complexity index is 473. The third kappa shape index (κ3) is 7.62. The van der Waals surface area contributed by atoms with Crippen molar-refractivity contribution in [2.24, 2.45) is 11.7 Å². The first-order chi connectivity index (χ1) is 11.1. The standard InChI is InChI=1S/C13H24N4O6S/c1-6(2)10(13(22)23)17-9(19)3-15-12(21)8(4-18)16-11(20)7(14)5-24/h6-8,10,18,24H,3-5,14H2,1-2H3,(H,15,21)(H,16,20)(H,17,19)(H,22,23). The summed E-state index contributed by atoms with van der Waals surface area (Å²) in [6.07, 6.45) is 0. The Balaban J connectivity index is 4.51. The lowest BCUT2D eigenvalue weighted by molar-refractivity contribution is -0.143. The number of carboxylic acid groups (broad SMARTS) is 1. The number of nitrogens with two attached hydrogens (primary N) is 1. The number of nitrogens with one attached hydrogen (secondary N) is 3. The highest BCUT2D eigenvalue weighted by Gasteiger charge is 2.25. The first kappa shape index (κ1) is 22.1. The van der Waals surface area contributed by atoms with Gasteiger partial charge >= 0.3 is 5.97 Å². The van der Waals surface area contributed by atoms with E-state index in [9.17, 15) is 19.2 Å². The van der Waals surface area contributed by atoms with Gasteiger partial charge in [0, 0.05) is 5.75 Å². The van der Waals surface area contributed by atoms with E-state index >= 15 is 0 Å². The molecule has 3 atom stereocenters. The third-order valence-corrected chi connectivity index (χ3v) is 3.41. The van der Waals surface area contributed by atoms with Gasteiger partial charge in [0.05, 0.1) is 19.2 Å². The van der Waals surface area contributed by atoms with Crippen molar-refractivity contribution in [3.05, 3.63) is 0 Å². The summed E-state index contributed by atoms with van der Waals surface area (Å²) in [6.45, 7) is 2.06. The molecule has 0 saturated carbocycles. The van der Waals surface area contributed by atoms with Crippen LogP contribution in [-0.2, 0) is 19.2 Å². The largest absolute Gasteiger partial charge is 0.480 e. The van der Waals surface area contributed by atoms with Crippen LogP contribution in [0.15, 0.2) is 0 Å². The molecule has 11 heteroatoms. The van der Waals surface area contributed by atoms with Crippen LogP contribution in [0, 0.1) is 5.92 Å². The Morgan fingerprint density at radius 3 is 2.12 bits per heavy atom. The van der Waals surface area contributed by atoms with E-state index in [0.717, 1.165) is 0 Å². The summed E-state index contributed by atoms with van der Waals surface area (Å²) >= 11 is 3.84. The molecular weight excluding hydrogens is 340 g/mol. The van der Waals surface area contributed by atoms with Gasteiger partial charge in [-0.2, -0.15) is 12.6 Å². The number of hydrogen-bond acceptors (Lipinski definition) is 7. The molecule has 0 aliphatic heterocycles. The van der Waals surface area contributed by atoms with Crippen molar-refractivity contribution in [1.29, 1.82) is 0 Å². The van der Waals surface area contributed by atoms with Crippen LogP contribution >= 0.6 is 12.6 Å². The number of carbonyl (C=O) groups excluding carboxylic acids is 3. The van der Waals surface area contributed by atoms with Crippen molar-refractivity contribution in [3.63, 3.8) is 0 Å². The summed E-state index contributed by atoms with van der Waals surface area (Å²) in [5.41, 5.74) is 5.43. The van der Waals surface area contributed by atoms with E-state index in [4.69, 9.17) is 15.9 Å². The fourth-order valence-corrected chi connectivity index (χ4v) is 1.75. The van der Waals surface area contributed by atoms with E-state index in [1.54, 1.807) is 13.8 Å². The van der Waals surface area contributed by atoms with E-state index < -0.39 is 55.0 Å². The van der Waals surface area contributed by atoms with E-state index in [0.29, 0.717) is 0 Å². The fraction of sp³-hybridized carbons (Fsp3) is 0.692. The molecule has 0 aromatic carbocycles. The van der Waals surface area contributed by atoms with Crippen molar-refractivity contribution in [2.45, 2.75) is 32.0 Å². The van der Waals surface area contributed by atoms with Crippen LogP contribution in [0.4, 0.5) is 0 Å². The van der Waals surface area contributed by atoms with Crippen LogP contribution in [0.3, 0.4) is 0 Å². The first-order valence-electron chi connectivity index (χ1n) is 7.21. The minimum atomic E-state index is -1.28. The molecule has 24 heavy (non-hydrogen) atoms. The van der Waals surface area contributed by atoms with Crippen molar-refractivity contribution in [3.8, 4) is 0 Å². The van der Waals surface area contributed by atoms with Gasteiger partial charge in [-0.25, -0.2) is 4.79 Å². The molecule has 10 nitrogen and oxygen atoms in total. The number of carbonyl (C=O) groups is 4. The number of thiol groups is 1. The third-order valence-electron chi connectivity index (χ3n) is 3.02. The number of hydrogen-bond donors (Lipinski definition) is 7. The lowest BCUT2D eigenvalue weighted by Crippen LogP contribution is -2.55. The quantitative estimate of drug-likeness (QED) is 0.203. The first-order valence-corrected chi connectivity index (χ1v) is 7.84. The van der Waals surface area contributed by atoms with Crippen molar-refractivity contribution < 1.29 is 29.4 Å². The van der Waals surface area contributed by atoms with E-state index in [1.807, 2.05) is 0 Å². The maximum atomic E-state index is 11.8. The normalized spacial score (nSPS) is 14.4. The zero-order chi connectivity index (χ0) is 18.9. The highest BCUT2D eigenvalue weighted by molar-refractivity contribution is 7.80. The van der Waals surface area contributed by atoms with Crippen molar-refractivity contribution in [1.82, 2.24) is 16.0 Å². The predicted molar refractivity (Wildman–Crippen MR) is 88.3 cm³/mol. The molecule has 0 aromatic rings. The summed E-state index contributed by atoms with van der Waals surface area (Å²) in [4.78, 5) is 46.1. The Morgan fingerprint density at radius 2 is 1.71 bits per heavy atom. The van der Waals surface area contributed by atoms with Gasteiger partial charge in [-0.3, -0.25) is 14.4 Å². The summed E-state index contributed by atoms with van der Waals surface area (Å²) in [7, 11) is 0. The monoisotopic (exact) mass is 364 g/mol. The van der Waals surface area contributed by atoms with Gasteiger partial charge in [-0.1, -0.05) is 13.8 Å².